The monoisotopic (exact) mass is 363 g/mol. The van der Waals surface area contributed by atoms with Crippen LogP contribution in [-0.2, 0) is 4.79 Å². The maximum absolute atomic E-state index is 12.7. The van der Waals surface area contributed by atoms with Crippen LogP contribution in [0.3, 0.4) is 0 Å². The molecule has 0 aliphatic heterocycles. The zero-order valence-corrected chi connectivity index (χ0v) is 15.1. The van der Waals surface area contributed by atoms with E-state index in [-0.39, 0.29) is 12.3 Å². The van der Waals surface area contributed by atoms with E-state index in [9.17, 15) is 9.59 Å². The van der Waals surface area contributed by atoms with E-state index in [1.807, 2.05) is 17.5 Å². The van der Waals surface area contributed by atoms with Crippen LogP contribution in [0.1, 0.15) is 17.3 Å². The number of urea groups is 1. The molecule has 1 aromatic heterocycles. The average Bonchev–Trinajstić information content (AvgIpc) is 3.14. The zero-order chi connectivity index (χ0) is 18.4. The molecule has 134 valence electrons. The number of thiophene rings is 1. The largest absolute Gasteiger partial charge is 0.493 e. The Hall–Kier alpha value is -2.74. The van der Waals surface area contributed by atoms with Gasteiger partial charge in [0.25, 0.3) is 0 Å². The predicted octanol–water partition coefficient (Wildman–Crippen LogP) is 2.53. The normalized spacial score (nSPS) is 11.5. The Morgan fingerprint density at radius 3 is 2.52 bits per heavy atom. The minimum atomic E-state index is -0.667. The Morgan fingerprint density at radius 2 is 1.96 bits per heavy atom. The molecule has 0 aliphatic carbocycles. The lowest BCUT2D eigenvalue weighted by atomic mass is 10.1. The molecule has 3 N–H and O–H groups in total. The van der Waals surface area contributed by atoms with E-state index in [1.165, 1.54) is 23.3 Å². The highest BCUT2D eigenvalue weighted by Crippen LogP contribution is 2.32. The van der Waals surface area contributed by atoms with Gasteiger partial charge in [0.2, 0.25) is 5.91 Å². The van der Waals surface area contributed by atoms with E-state index in [2.05, 4.69) is 5.32 Å². The van der Waals surface area contributed by atoms with Crippen molar-refractivity contribution in [1.82, 2.24) is 5.32 Å². The number of primary amides is 1. The third-order valence-electron chi connectivity index (χ3n) is 3.71. The topological polar surface area (TPSA) is 93.9 Å². The molecule has 1 unspecified atom stereocenters. The highest BCUT2D eigenvalue weighted by Gasteiger charge is 2.22. The van der Waals surface area contributed by atoms with Gasteiger partial charge in [0.05, 0.1) is 26.7 Å². The van der Waals surface area contributed by atoms with E-state index >= 15 is 0 Å². The summed E-state index contributed by atoms with van der Waals surface area (Å²) < 4.78 is 10.5. The van der Waals surface area contributed by atoms with E-state index in [0.29, 0.717) is 17.2 Å². The molecule has 1 aromatic carbocycles. The summed E-state index contributed by atoms with van der Waals surface area (Å²) in [7, 11) is 4.75. The molecule has 7 nitrogen and oxygen atoms in total. The first-order valence-electron chi connectivity index (χ1n) is 7.54. The molecule has 0 fully saturated rings. The van der Waals surface area contributed by atoms with Gasteiger partial charge in [-0.2, -0.15) is 0 Å². The second kappa shape index (κ2) is 8.39. The molecule has 3 amide bonds. The number of rotatable bonds is 7. The first-order valence-corrected chi connectivity index (χ1v) is 8.42. The molecule has 0 saturated heterocycles. The van der Waals surface area contributed by atoms with Gasteiger partial charge >= 0.3 is 6.03 Å². The summed E-state index contributed by atoms with van der Waals surface area (Å²) in [4.78, 5) is 26.3. The van der Waals surface area contributed by atoms with Crippen molar-refractivity contribution in [2.75, 3.05) is 26.2 Å². The van der Waals surface area contributed by atoms with E-state index in [4.69, 9.17) is 15.2 Å². The Bertz CT molecular complexity index is 733. The first-order chi connectivity index (χ1) is 12.0. The summed E-state index contributed by atoms with van der Waals surface area (Å²) in [6, 6.07) is 7.80. The van der Waals surface area contributed by atoms with Crippen LogP contribution in [0.15, 0.2) is 35.7 Å². The maximum Gasteiger partial charge on any atom is 0.312 e. The second-order valence-electron chi connectivity index (χ2n) is 5.27. The Labute approximate surface area is 150 Å². The fraction of sp³-hybridized carbons (Fsp3) is 0.294. The maximum atomic E-state index is 12.7. The molecule has 2 aromatic rings. The molecule has 8 heteroatoms. The van der Waals surface area contributed by atoms with Crippen molar-refractivity contribution in [3.05, 3.63) is 40.6 Å². The summed E-state index contributed by atoms with van der Waals surface area (Å²) in [5, 5.41) is 4.50. The average molecular weight is 363 g/mol. The van der Waals surface area contributed by atoms with Gasteiger partial charge in [0, 0.05) is 23.7 Å². The summed E-state index contributed by atoms with van der Waals surface area (Å²) in [5.41, 5.74) is 5.89. The summed E-state index contributed by atoms with van der Waals surface area (Å²) in [6.07, 6.45) is 0.0916. The Balaban J connectivity index is 2.16. The number of nitrogens with two attached hydrogens (primary N) is 1. The van der Waals surface area contributed by atoms with Crippen molar-refractivity contribution >= 4 is 29.0 Å². The molecular formula is C17H21N3O4S. The second-order valence-corrected chi connectivity index (χ2v) is 6.25. The van der Waals surface area contributed by atoms with E-state index in [1.54, 1.807) is 32.4 Å². The van der Waals surface area contributed by atoms with E-state index < -0.39 is 12.1 Å². The number of nitrogens with one attached hydrogen (secondary N) is 1. The van der Waals surface area contributed by atoms with Crippen LogP contribution in [0, 0.1) is 0 Å². The zero-order valence-electron chi connectivity index (χ0n) is 14.3. The number of hydrogen-bond donors (Lipinski definition) is 2. The Kier molecular flexibility index (Phi) is 6.24. The fourth-order valence-corrected chi connectivity index (χ4v) is 3.15. The smallest absolute Gasteiger partial charge is 0.312 e. The van der Waals surface area contributed by atoms with Crippen LogP contribution >= 0.6 is 11.3 Å². The Morgan fingerprint density at radius 1 is 1.24 bits per heavy atom. The number of carbonyl (C=O) groups is 2. The number of benzene rings is 1. The van der Waals surface area contributed by atoms with Crippen molar-refractivity contribution in [3.63, 3.8) is 0 Å². The number of carbonyl (C=O) groups excluding carboxylic acids is 2. The van der Waals surface area contributed by atoms with Crippen molar-refractivity contribution in [1.29, 1.82) is 0 Å². The van der Waals surface area contributed by atoms with Gasteiger partial charge in [-0.25, -0.2) is 4.79 Å². The van der Waals surface area contributed by atoms with Crippen molar-refractivity contribution in [2.24, 2.45) is 5.73 Å². The van der Waals surface area contributed by atoms with Crippen molar-refractivity contribution in [3.8, 4) is 11.5 Å². The van der Waals surface area contributed by atoms with Crippen LogP contribution in [0.2, 0.25) is 0 Å². The van der Waals surface area contributed by atoms with Gasteiger partial charge in [-0.05, 0) is 23.6 Å². The first kappa shape index (κ1) is 18.6. The quantitative estimate of drug-likeness (QED) is 0.790. The third kappa shape index (κ3) is 4.63. The molecular weight excluding hydrogens is 342 g/mol. The number of hydrogen-bond acceptors (Lipinski definition) is 5. The molecule has 2 rings (SSSR count). The van der Waals surface area contributed by atoms with Crippen molar-refractivity contribution < 1.29 is 19.1 Å². The standard InChI is InChI=1S/C17H21N3O4S/c1-20(11-6-7-13(23-2)14(9-11)24-3)16(21)10-12(19-17(18)22)15-5-4-8-25-15/h4-9,12H,10H2,1-3H3,(H3,18,19,22). The van der Waals surface area contributed by atoms with Gasteiger partial charge in [-0.3, -0.25) is 4.79 Å². The molecule has 0 radical (unpaired) electrons. The molecule has 1 heterocycles. The molecule has 1 atom stereocenters. The number of ether oxygens (including phenoxy) is 2. The van der Waals surface area contributed by atoms with Gasteiger partial charge in [0.15, 0.2) is 11.5 Å². The summed E-state index contributed by atoms with van der Waals surface area (Å²) in [5.74, 6) is 0.947. The molecule has 25 heavy (non-hydrogen) atoms. The van der Waals surface area contributed by atoms with Crippen LogP contribution in [0.5, 0.6) is 11.5 Å². The predicted molar refractivity (Wildman–Crippen MR) is 97.4 cm³/mol. The molecule has 0 aliphatic rings. The number of anilines is 1. The van der Waals surface area contributed by atoms with Gasteiger partial charge in [0.1, 0.15) is 0 Å². The number of amides is 3. The lowest BCUT2D eigenvalue weighted by Gasteiger charge is -2.22. The number of nitrogens with zero attached hydrogens (tertiary/aromatic N) is 1. The van der Waals surface area contributed by atoms with Crippen molar-refractivity contribution in [2.45, 2.75) is 12.5 Å². The van der Waals surface area contributed by atoms with Gasteiger partial charge in [-0.15, -0.1) is 11.3 Å². The van der Waals surface area contributed by atoms with Crippen LogP contribution in [0.25, 0.3) is 0 Å². The van der Waals surface area contributed by atoms with Crippen LogP contribution in [-0.4, -0.2) is 33.2 Å². The number of methoxy groups -OCH3 is 2. The highest BCUT2D eigenvalue weighted by atomic mass is 32.1. The van der Waals surface area contributed by atoms with Gasteiger partial charge in [-0.1, -0.05) is 6.07 Å². The third-order valence-corrected chi connectivity index (χ3v) is 4.70. The van der Waals surface area contributed by atoms with Gasteiger partial charge < -0.3 is 25.4 Å². The van der Waals surface area contributed by atoms with Crippen LogP contribution in [0.4, 0.5) is 10.5 Å². The lowest BCUT2D eigenvalue weighted by molar-refractivity contribution is -0.118. The van der Waals surface area contributed by atoms with Crippen LogP contribution < -0.4 is 25.4 Å². The molecule has 0 bridgehead atoms. The minimum absolute atomic E-state index is 0.0916. The molecule has 0 spiro atoms. The minimum Gasteiger partial charge on any atom is -0.493 e. The fourth-order valence-electron chi connectivity index (χ4n) is 2.37. The summed E-state index contributed by atoms with van der Waals surface area (Å²) in [6.45, 7) is 0. The molecule has 0 saturated carbocycles. The van der Waals surface area contributed by atoms with E-state index in [0.717, 1.165) is 4.88 Å². The summed E-state index contributed by atoms with van der Waals surface area (Å²) >= 11 is 1.46. The lowest BCUT2D eigenvalue weighted by Crippen LogP contribution is -2.37. The highest BCUT2D eigenvalue weighted by molar-refractivity contribution is 7.10. The SMILES string of the molecule is COc1ccc(N(C)C(=O)CC(NC(N)=O)c2cccs2)cc1OC.